The monoisotopic (exact) mass is 233 g/mol. The van der Waals surface area contributed by atoms with Gasteiger partial charge >= 0.3 is 0 Å². The lowest BCUT2D eigenvalue weighted by molar-refractivity contribution is 0.0840. The minimum absolute atomic E-state index is 0.224. The summed E-state index contributed by atoms with van der Waals surface area (Å²) in [5.41, 5.74) is 0.549. The van der Waals surface area contributed by atoms with Crippen molar-refractivity contribution in [2.45, 2.75) is 45.1 Å². The van der Waals surface area contributed by atoms with Gasteiger partial charge in [0, 0.05) is 6.20 Å². The molecule has 92 valence electrons. The van der Waals surface area contributed by atoms with E-state index in [0.29, 0.717) is 17.4 Å². The highest BCUT2D eigenvalue weighted by atomic mass is 16.5. The maximum absolute atomic E-state index is 10.9. The van der Waals surface area contributed by atoms with E-state index in [1.54, 1.807) is 18.3 Å². The highest BCUT2D eigenvalue weighted by Crippen LogP contribution is 2.30. The van der Waals surface area contributed by atoms with Crippen molar-refractivity contribution in [3.8, 4) is 5.88 Å². The van der Waals surface area contributed by atoms with E-state index in [1.807, 2.05) is 0 Å². The Morgan fingerprint density at radius 3 is 3.06 bits per heavy atom. The van der Waals surface area contributed by atoms with Gasteiger partial charge in [0.1, 0.15) is 6.10 Å². The van der Waals surface area contributed by atoms with Crippen LogP contribution in [-0.4, -0.2) is 17.4 Å². The molecule has 0 radical (unpaired) electrons. The molecule has 2 rings (SSSR count). The first-order chi connectivity index (χ1) is 8.35. The summed E-state index contributed by atoms with van der Waals surface area (Å²) < 4.78 is 5.94. The molecular weight excluding hydrogens is 214 g/mol. The standard InChI is InChI=1S/C14H19NO2/c1-2-11-6-3-4-8-13(11)17-14-12(10-16)7-5-9-15-14/h5,7,9-11,13H,2-4,6,8H2,1H3. The zero-order valence-corrected chi connectivity index (χ0v) is 10.3. The molecule has 1 aliphatic carbocycles. The first kappa shape index (κ1) is 12.1. The van der Waals surface area contributed by atoms with Crippen molar-refractivity contribution in [3.63, 3.8) is 0 Å². The molecule has 0 amide bonds. The van der Waals surface area contributed by atoms with Crippen molar-refractivity contribution in [2.75, 3.05) is 0 Å². The van der Waals surface area contributed by atoms with Crippen LogP contribution in [0, 0.1) is 5.92 Å². The molecule has 17 heavy (non-hydrogen) atoms. The molecule has 1 heterocycles. The van der Waals surface area contributed by atoms with Crippen LogP contribution in [0.5, 0.6) is 5.88 Å². The summed E-state index contributed by atoms with van der Waals surface area (Å²) in [7, 11) is 0. The predicted octanol–water partition coefficient (Wildman–Crippen LogP) is 3.24. The van der Waals surface area contributed by atoms with E-state index >= 15 is 0 Å². The number of carbonyl (C=O) groups is 1. The van der Waals surface area contributed by atoms with Gasteiger partial charge in [-0.2, -0.15) is 0 Å². The molecule has 3 heteroatoms. The predicted molar refractivity (Wildman–Crippen MR) is 66.3 cm³/mol. The number of aldehydes is 1. The molecule has 0 aliphatic heterocycles. The third-order valence-electron chi connectivity index (χ3n) is 3.55. The molecule has 1 aromatic rings. The van der Waals surface area contributed by atoms with Crippen LogP contribution in [0.1, 0.15) is 49.4 Å². The maximum atomic E-state index is 10.9. The van der Waals surface area contributed by atoms with Crippen molar-refractivity contribution >= 4 is 6.29 Å². The minimum Gasteiger partial charge on any atom is -0.474 e. The fraction of sp³-hybridized carbons (Fsp3) is 0.571. The lowest BCUT2D eigenvalue weighted by Crippen LogP contribution is -2.30. The van der Waals surface area contributed by atoms with Gasteiger partial charge in [0.25, 0.3) is 0 Å². The van der Waals surface area contributed by atoms with Crippen LogP contribution in [0.25, 0.3) is 0 Å². The third kappa shape index (κ3) is 2.84. The van der Waals surface area contributed by atoms with Gasteiger partial charge in [-0.25, -0.2) is 4.98 Å². The molecule has 0 N–H and O–H groups in total. The molecule has 0 saturated heterocycles. The zero-order valence-electron chi connectivity index (χ0n) is 10.3. The molecule has 2 unspecified atom stereocenters. The van der Waals surface area contributed by atoms with Gasteiger partial charge < -0.3 is 4.74 Å². The van der Waals surface area contributed by atoms with E-state index in [2.05, 4.69) is 11.9 Å². The molecule has 0 aromatic carbocycles. The molecular formula is C14H19NO2. The van der Waals surface area contributed by atoms with Gasteiger partial charge in [-0.3, -0.25) is 4.79 Å². The first-order valence-electron chi connectivity index (χ1n) is 6.42. The molecule has 1 aliphatic rings. The average Bonchev–Trinajstić information content (AvgIpc) is 2.40. The maximum Gasteiger partial charge on any atom is 0.224 e. The summed E-state index contributed by atoms with van der Waals surface area (Å²) in [4.78, 5) is 15.1. The Morgan fingerprint density at radius 1 is 1.47 bits per heavy atom. The molecule has 1 saturated carbocycles. The molecule has 1 aromatic heterocycles. The van der Waals surface area contributed by atoms with Crippen LogP contribution in [0.4, 0.5) is 0 Å². The van der Waals surface area contributed by atoms with Gasteiger partial charge in [0.2, 0.25) is 5.88 Å². The van der Waals surface area contributed by atoms with E-state index in [0.717, 1.165) is 19.1 Å². The smallest absolute Gasteiger partial charge is 0.224 e. The van der Waals surface area contributed by atoms with Crippen LogP contribution < -0.4 is 4.74 Å². The SMILES string of the molecule is CCC1CCCCC1Oc1ncccc1C=O. The minimum atomic E-state index is 0.224. The van der Waals surface area contributed by atoms with E-state index in [-0.39, 0.29) is 6.10 Å². The van der Waals surface area contributed by atoms with E-state index in [1.165, 1.54) is 19.3 Å². The van der Waals surface area contributed by atoms with Crippen molar-refractivity contribution < 1.29 is 9.53 Å². The average molecular weight is 233 g/mol. The third-order valence-corrected chi connectivity index (χ3v) is 3.55. The summed E-state index contributed by atoms with van der Waals surface area (Å²) >= 11 is 0. The largest absolute Gasteiger partial charge is 0.474 e. The topological polar surface area (TPSA) is 39.2 Å². The number of hydrogen-bond donors (Lipinski definition) is 0. The second kappa shape index (κ2) is 5.80. The summed E-state index contributed by atoms with van der Waals surface area (Å²) in [6.07, 6.45) is 8.65. The number of pyridine rings is 1. The first-order valence-corrected chi connectivity index (χ1v) is 6.42. The number of ether oxygens (including phenoxy) is 1. The second-order valence-electron chi connectivity index (χ2n) is 4.62. The van der Waals surface area contributed by atoms with Crippen molar-refractivity contribution in [2.24, 2.45) is 5.92 Å². The summed E-state index contributed by atoms with van der Waals surface area (Å²) in [5.74, 6) is 1.10. The van der Waals surface area contributed by atoms with Gasteiger partial charge in [-0.1, -0.05) is 13.3 Å². The molecule has 3 nitrogen and oxygen atoms in total. The van der Waals surface area contributed by atoms with Crippen LogP contribution in [0.2, 0.25) is 0 Å². The Hall–Kier alpha value is -1.38. The lowest BCUT2D eigenvalue weighted by Gasteiger charge is -2.31. The number of aromatic nitrogens is 1. The lowest BCUT2D eigenvalue weighted by atomic mass is 9.85. The fourth-order valence-corrected chi connectivity index (χ4v) is 2.53. The number of rotatable bonds is 4. The summed E-state index contributed by atoms with van der Waals surface area (Å²) in [6, 6.07) is 3.51. The van der Waals surface area contributed by atoms with Crippen LogP contribution in [0.15, 0.2) is 18.3 Å². The number of carbonyl (C=O) groups excluding carboxylic acids is 1. The Balaban J connectivity index is 2.10. The Kier molecular flexibility index (Phi) is 4.13. The Labute approximate surface area is 102 Å². The zero-order chi connectivity index (χ0) is 12.1. The quantitative estimate of drug-likeness (QED) is 0.749. The van der Waals surface area contributed by atoms with Crippen molar-refractivity contribution in [1.82, 2.24) is 4.98 Å². The molecule has 0 spiro atoms. The van der Waals surface area contributed by atoms with Gasteiger partial charge in [-0.15, -0.1) is 0 Å². The molecule has 1 fully saturated rings. The van der Waals surface area contributed by atoms with Crippen molar-refractivity contribution in [1.29, 1.82) is 0 Å². The Morgan fingerprint density at radius 2 is 2.29 bits per heavy atom. The Bertz CT molecular complexity index is 378. The number of hydrogen-bond acceptors (Lipinski definition) is 3. The summed E-state index contributed by atoms with van der Waals surface area (Å²) in [5, 5.41) is 0. The van der Waals surface area contributed by atoms with Crippen LogP contribution >= 0.6 is 0 Å². The van der Waals surface area contributed by atoms with E-state index in [4.69, 9.17) is 4.74 Å². The van der Waals surface area contributed by atoms with Crippen LogP contribution in [-0.2, 0) is 0 Å². The number of nitrogens with zero attached hydrogens (tertiary/aromatic N) is 1. The van der Waals surface area contributed by atoms with E-state index < -0.39 is 0 Å². The second-order valence-corrected chi connectivity index (χ2v) is 4.62. The van der Waals surface area contributed by atoms with Gasteiger partial charge in [-0.05, 0) is 43.7 Å². The van der Waals surface area contributed by atoms with Gasteiger partial charge in [0.05, 0.1) is 5.56 Å². The fourth-order valence-electron chi connectivity index (χ4n) is 2.53. The normalized spacial score (nSPS) is 24.3. The van der Waals surface area contributed by atoms with Crippen LogP contribution in [0.3, 0.4) is 0 Å². The highest BCUT2D eigenvalue weighted by molar-refractivity contribution is 5.77. The van der Waals surface area contributed by atoms with Gasteiger partial charge in [0.15, 0.2) is 6.29 Å². The molecule has 0 bridgehead atoms. The van der Waals surface area contributed by atoms with E-state index in [9.17, 15) is 4.79 Å². The van der Waals surface area contributed by atoms with Crippen molar-refractivity contribution in [3.05, 3.63) is 23.9 Å². The summed E-state index contributed by atoms with van der Waals surface area (Å²) in [6.45, 7) is 2.20. The highest BCUT2D eigenvalue weighted by Gasteiger charge is 2.26. The molecule has 2 atom stereocenters.